The van der Waals surface area contributed by atoms with Gasteiger partial charge in [-0.2, -0.15) is 0 Å². The predicted octanol–water partition coefficient (Wildman–Crippen LogP) is 8.95. The lowest BCUT2D eigenvalue weighted by molar-refractivity contribution is -0.116. The number of anilines is 2. The quantitative estimate of drug-likeness (QED) is 0.101. The van der Waals surface area contributed by atoms with Crippen molar-refractivity contribution in [2.24, 2.45) is 0 Å². The number of carbonyl (C=O) groups is 3. The Labute approximate surface area is 281 Å². The van der Waals surface area contributed by atoms with E-state index in [-0.39, 0.29) is 11.6 Å². The molecular formula is C38H32BrN3O3S. The molecule has 5 rings (SSSR count). The standard InChI is InChI=1S/C38H32BrN3O3S/c1-25-16-17-26(2)33(22-25)41-38(45)35(28-10-5-3-6-11-28)46-32-15-9-14-31(24-32)40-37(44)34(23-27-18-20-30(39)21-19-27)42-36(43)29-12-7-4-8-13-29/h3-24,35H,1-2H3,(H,40,44)(H,41,45)(H,42,43)/b34-23-. The van der Waals surface area contributed by atoms with Crippen LogP contribution in [0.2, 0.25) is 0 Å². The summed E-state index contributed by atoms with van der Waals surface area (Å²) in [7, 11) is 0. The smallest absolute Gasteiger partial charge is 0.272 e. The van der Waals surface area contributed by atoms with Crippen molar-refractivity contribution in [2.45, 2.75) is 24.0 Å². The highest BCUT2D eigenvalue weighted by molar-refractivity contribution is 9.10. The number of rotatable bonds is 10. The highest BCUT2D eigenvalue weighted by Crippen LogP contribution is 2.37. The van der Waals surface area contributed by atoms with Crippen molar-refractivity contribution >= 4 is 62.9 Å². The Morgan fingerprint density at radius 1 is 0.739 bits per heavy atom. The van der Waals surface area contributed by atoms with E-state index in [1.54, 1.807) is 36.4 Å². The van der Waals surface area contributed by atoms with E-state index in [9.17, 15) is 14.4 Å². The summed E-state index contributed by atoms with van der Waals surface area (Å²) in [6.45, 7) is 3.96. The lowest BCUT2D eigenvalue weighted by Crippen LogP contribution is -2.30. The number of thioether (sulfide) groups is 1. The Morgan fingerprint density at radius 3 is 2.15 bits per heavy atom. The average molecular weight is 691 g/mol. The van der Waals surface area contributed by atoms with Gasteiger partial charge in [0.15, 0.2) is 0 Å². The van der Waals surface area contributed by atoms with Crippen LogP contribution in [-0.4, -0.2) is 17.7 Å². The zero-order valence-corrected chi connectivity index (χ0v) is 27.7. The molecule has 0 bridgehead atoms. The molecule has 0 radical (unpaired) electrons. The lowest BCUT2D eigenvalue weighted by atomic mass is 10.1. The van der Waals surface area contributed by atoms with Gasteiger partial charge in [0, 0.05) is 26.3 Å². The van der Waals surface area contributed by atoms with Gasteiger partial charge in [-0.3, -0.25) is 14.4 Å². The number of benzene rings is 5. The van der Waals surface area contributed by atoms with E-state index >= 15 is 0 Å². The van der Waals surface area contributed by atoms with Gasteiger partial charge in [0.2, 0.25) is 5.91 Å². The van der Waals surface area contributed by atoms with Gasteiger partial charge in [-0.1, -0.05) is 94.8 Å². The highest BCUT2D eigenvalue weighted by Gasteiger charge is 2.23. The number of nitrogens with one attached hydrogen (secondary N) is 3. The van der Waals surface area contributed by atoms with Gasteiger partial charge in [-0.25, -0.2) is 0 Å². The number of aryl methyl sites for hydroxylation is 2. The zero-order valence-electron chi connectivity index (χ0n) is 25.3. The summed E-state index contributed by atoms with van der Waals surface area (Å²) in [5.74, 6) is -1.03. The van der Waals surface area contributed by atoms with Crippen molar-refractivity contribution in [2.75, 3.05) is 10.6 Å². The second-order valence-corrected chi connectivity index (χ2v) is 12.7. The van der Waals surface area contributed by atoms with Crippen LogP contribution in [0.5, 0.6) is 0 Å². The van der Waals surface area contributed by atoms with Crippen molar-refractivity contribution in [3.05, 3.63) is 165 Å². The highest BCUT2D eigenvalue weighted by atomic mass is 79.9. The van der Waals surface area contributed by atoms with Crippen molar-refractivity contribution in [1.82, 2.24) is 5.32 Å². The molecule has 3 N–H and O–H groups in total. The van der Waals surface area contributed by atoms with Crippen LogP contribution in [0.3, 0.4) is 0 Å². The molecule has 0 saturated carbocycles. The molecule has 1 atom stereocenters. The molecule has 5 aromatic rings. The van der Waals surface area contributed by atoms with Gasteiger partial charge in [0.25, 0.3) is 11.8 Å². The van der Waals surface area contributed by atoms with Crippen LogP contribution in [0.4, 0.5) is 11.4 Å². The van der Waals surface area contributed by atoms with Gasteiger partial charge < -0.3 is 16.0 Å². The molecule has 3 amide bonds. The monoisotopic (exact) mass is 689 g/mol. The molecule has 0 spiro atoms. The molecule has 0 aliphatic rings. The minimum atomic E-state index is -0.551. The van der Waals surface area contributed by atoms with Gasteiger partial charge in [-0.15, -0.1) is 11.8 Å². The Kier molecular flexibility index (Phi) is 10.9. The topological polar surface area (TPSA) is 87.3 Å². The second-order valence-electron chi connectivity index (χ2n) is 10.6. The van der Waals surface area contributed by atoms with E-state index in [1.807, 2.05) is 111 Å². The molecule has 0 aliphatic carbocycles. The largest absolute Gasteiger partial charge is 0.325 e. The molecule has 1 unspecified atom stereocenters. The maximum atomic E-state index is 13.7. The van der Waals surface area contributed by atoms with Crippen LogP contribution >= 0.6 is 27.7 Å². The minimum absolute atomic E-state index is 0.0873. The van der Waals surface area contributed by atoms with Gasteiger partial charge in [0.1, 0.15) is 10.9 Å². The van der Waals surface area contributed by atoms with Crippen LogP contribution < -0.4 is 16.0 Å². The number of amides is 3. The maximum absolute atomic E-state index is 13.7. The average Bonchev–Trinajstić information content (AvgIpc) is 3.07. The third-order valence-electron chi connectivity index (χ3n) is 7.05. The van der Waals surface area contributed by atoms with E-state index in [1.165, 1.54) is 11.8 Å². The van der Waals surface area contributed by atoms with Gasteiger partial charge in [0.05, 0.1) is 0 Å². The first-order valence-electron chi connectivity index (χ1n) is 14.6. The van der Waals surface area contributed by atoms with E-state index in [0.29, 0.717) is 11.3 Å². The Balaban J connectivity index is 1.38. The first-order chi connectivity index (χ1) is 22.2. The predicted molar refractivity (Wildman–Crippen MR) is 191 cm³/mol. The molecule has 8 heteroatoms. The second kappa shape index (κ2) is 15.4. The Bertz CT molecular complexity index is 1880. The molecule has 0 fully saturated rings. The van der Waals surface area contributed by atoms with E-state index < -0.39 is 17.1 Å². The van der Waals surface area contributed by atoms with Crippen molar-refractivity contribution < 1.29 is 14.4 Å². The fourth-order valence-electron chi connectivity index (χ4n) is 4.62. The molecule has 46 heavy (non-hydrogen) atoms. The number of hydrogen-bond acceptors (Lipinski definition) is 4. The van der Waals surface area contributed by atoms with Crippen LogP contribution in [0, 0.1) is 13.8 Å². The maximum Gasteiger partial charge on any atom is 0.272 e. The van der Waals surface area contributed by atoms with Crippen LogP contribution in [-0.2, 0) is 9.59 Å². The summed E-state index contributed by atoms with van der Waals surface area (Å²) in [5.41, 5.74) is 5.45. The van der Waals surface area contributed by atoms with Gasteiger partial charge >= 0.3 is 0 Å². The summed E-state index contributed by atoms with van der Waals surface area (Å²) in [6.07, 6.45) is 1.63. The van der Waals surface area contributed by atoms with E-state index in [4.69, 9.17) is 0 Å². The Morgan fingerprint density at radius 2 is 1.43 bits per heavy atom. The van der Waals surface area contributed by atoms with Crippen LogP contribution in [0.25, 0.3) is 6.08 Å². The molecule has 5 aromatic carbocycles. The fraction of sp³-hybridized carbons (Fsp3) is 0.0789. The minimum Gasteiger partial charge on any atom is -0.325 e. The van der Waals surface area contributed by atoms with Crippen LogP contribution in [0.1, 0.15) is 37.9 Å². The SMILES string of the molecule is Cc1ccc(C)c(NC(=O)C(Sc2cccc(NC(=O)/C(=C/c3ccc(Br)cc3)NC(=O)c3ccccc3)c2)c2ccccc2)c1. The Hall–Kier alpha value is -4.92. The first-order valence-corrected chi connectivity index (χ1v) is 16.3. The summed E-state index contributed by atoms with van der Waals surface area (Å²) >= 11 is 4.82. The van der Waals surface area contributed by atoms with E-state index in [2.05, 4.69) is 31.9 Å². The third kappa shape index (κ3) is 8.84. The number of hydrogen-bond donors (Lipinski definition) is 3. The summed E-state index contributed by atoms with van der Waals surface area (Å²) in [5, 5.41) is 8.25. The molecule has 6 nitrogen and oxygen atoms in total. The lowest BCUT2D eigenvalue weighted by Gasteiger charge is -2.19. The van der Waals surface area contributed by atoms with Gasteiger partial charge in [-0.05, 0) is 90.7 Å². The summed E-state index contributed by atoms with van der Waals surface area (Å²) in [4.78, 5) is 41.1. The van der Waals surface area contributed by atoms with Crippen molar-refractivity contribution in [1.29, 1.82) is 0 Å². The molecule has 0 aliphatic heterocycles. The first kappa shape index (κ1) is 32.5. The van der Waals surface area contributed by atoms with Crippen LogP contribution in [0.15, 0.2) is 142 Å². The number of halogens is 1. The molecular weight excluding hydrogens is 658 g/mol. The molecule has 0 aromatic heterocycles. The zero-order chi connectivity index (χ0) is 32.5. The molecule has 0 heterocycles. The summed E-state index contributed by atoms with van der Waals surface area (Å²) in [6, 6.07) is 39.0. The molecule has 230 valence electrons. The summed E-state index contributed by atoms with van der Waals surface area (Å²) < 4.78 is 0.898. The normalized spacial score (nSPS) is 11.8. The third-order valence-corrected chi connectivity index (χ3v) is 8.82. The van der Waals surface area contributed by atoms with Crippen molar-refractivity contribution in [3.63, 3.8) is 0 Å². The fourth-order valence-corrected chi connectivity index (χ4v) is 5.97. The van der Waals surface area contributed by atoms with Crippen molar-refractivity contribution in [3.8, 4) is 0 Å². The molecule has 0 saturated heterocycles. The van der Waals surface area contributed by atoms with E-state index in [0.717, 1.165) is 37.3 Å². The number of carbonyl (C=O) groups excluding carboxylic acids is 3.